The summed E-state index contributed by atoms with van der Waals surface area (Å²) in [4.78, 5) is 13.9. The third-order valence-electron chi connectivity index (χ3n) is 3.90. The van der Waals surface area contributed by atoms with Gasteiger partial charge in [0.25, 0.3) is 0 Å². The Labute approximate surface area is 110 Å². The van der Waals surface area contributed by atoms with Gasteiger partial charge < -0.3 is 4.90 Å². The number of amides is 1. The summed E-state index contributed by atoms with van der Waals surface area (Å²) in [6.07, 6.45) is 2.67. The van der Waals surface area contributed by atoms with Crippen molar-refractivity contribution in [3.05, 3.63) is 35.9 Å². The second-order valence-electron chi connectivity index (χ2n) is 5.64. The molecule has 0 spiro atoms. The van der Waals surface area contributed by atoms with Crippen molar-refractivity contribution in [1.82, 2.24) is 4.90 Å². The first-order valence-corrected chi connectivity index (χ1v) is 6.98. The Morgan fingerprint density at radius 3 is 2.56 bits per heavy atom. The fraction of sp³-hybridized carbons (Fsp3) is 0.562. The number of carbonyl (C=O) groups is 1. The van der Waals surface area contributed by atoms with Gasteiger partial charge in [-0.25, -0.2) is 0 Å². The Morgan fingerprint density at radius 2 is 1.94 bits per heavy atom. The molecule has 18 heavy (non-hydrogen) atoms. The number of aryl methyl sites for hydroxylation is 1. The van der Waals surface area contributed by atoms with Crippen LogP contribution in [0.25, 0.3) is 0 Å². The molecule has 1 aliphatic rings. The molecule has 0 aromatic heterocycles. The maximum atomic E-state index is 11.9. The summed E-state index contributed by atoms with van der Waals surface area (Å²) in [5.74, 6) is 1.77. The van der Waals surface area contributed by atoms with E-state index in [9.17, 15) is 4.79 Å². The Kier molecular flexibility index (Phi) is 4.40. The monoisotopic (exact) mass is 245 g/mol. The second kappa shape index (κ2) is 6.03. The lowest BCUT2D eigenvalue weighted by Crippen LogP contribution is -2.51. The average Bonchev–Trinajstić information content (AvgIpc) is 2.28. The van der Waals surface area contributed by atoms with Crippen molar-refractivity contribution in [2.24, 2.45) is 11.8 Å². The zero-order valence-electron chi connectivity index (χ0n) is 11.4. The fourth-order valence-corrected chi connectivity index (χ4v) is 2.38. The molecule has 2 nitrogen and oxygen atoms in total. The Hall–Kier alpha value is -1.31. The molecular formula is C16H23NO. The average molecular weight is 245 g/mol. The van der Waals surface area contributed by atoms with Crippen LogP contribution in [0.1, 0.15) is 32.3 Å². The van der Waals surface area contributed by atoms with Crippen molar-refractivity contribution in [3.63, 3.8) is 0 Å². The van der Waals surface area contributed by atoms with Crippen LogP contribution in [-0.2, 0) is 11.2 Å². The van der Waals surface area contributed by atoms with E-state index in [4.69, 9.17) is 0 Å². The lowest BCUT2D eigenvalue weighted by Gasteiger charge is -2.41. The molecule has 1 heterocycles. The van der Waals surface area contributed by atoms with Crippen LogP contribution in [0.3, 0.4) is 0 Å². The van der Waals surface area contributed by atoms with Crippen LogP contribution in [0.5, 0.6) is 0 Å². The highest BCUT2D eigenvalue weighted by molar-refractivity contribution is 5.77. The number of benzene rings is 1. The van der Waals surface area contributed by atoms with E-state index in [2.05, 4.69) is 38.1 Å². The van der Waals surface area contributed by atoms with E-state index in [1.807, 2.05) is 11.0 Å². The van der Waals surface area contributed by atoms with E-state index in [-0.39, 0.29) is 0 Å². The minimum absolute atomic E-state index is 0.336. The Morgan fingerprint density at radius 1 is 1.28 bits per heavy atom. The van der Waals surface area contributed by atoms with Gasteiger partial charge in [-0.05, 0) is 30.2 Å². The van der Waals surface area contributed by atoms with Crippen LogP contribution < -0.4 is 0 Å². The van der Waals surface area contributed by atoms with Crippen molar-refractivity contribution >= 4 is 5.91 Å². The lowest BCUT2D eigenvalue weighted by atomic mass is 9.88. The van der Waals surface area contributed by atoms with Gasteiger partial charge >= 0.3 is 0 Å². The van der Waals surface area contributed by atoms with E-state index in [1.54, 1.807) is 0 Å². The maximum Gasteiger partial charge on any atom is 0.222 e. The molecule has 2 heteroatoms. The largest absolute Gasteiger partial charge is 0.342 e. The number of likely N-dealkylation sites (tertiary alicyclic amines) is 1. The number of hydrogen-bond acceptors (Lipinski definition) is 1. The van der Waals surface area contributed by atoms with Gasteiger partial charge in [0.1, 0.15) is 0 Å². The molecule has 0 unspecified atom stereocenters. The van der Waals surface area contributed by atoms with Crippen LogP contribution >= 0.6 is 0 Å². The van der Waals surface area contributed by atoms with Gasteiger partial charge in [0.2, 0.25) is 5.91 Å². The van der Waals surface area contributed by atoms with Crippen molar-refractivity contribution in [3.8, 4) is 0 Å². The van der Waals surface area contributed by atoms with Crippen LogP contribution in [0.15, 0.2) is 30.3 Å². The van der Waals surface area contributed by atoms with Gasteiger partial charge in [0, 0.05) is 19.5 Å². The highest BCUT2D eigenvalue weighted by Gasteiger charge is 2.31. The summed E-state index contributed by atoms with van der Waals surface area (Å²) < 4.78 is 0. The number of carbonyl (C=O) groups excluding carboxylic acids is 1. The number of rotatable bonds is 5. The fourth-order valence-electron chi connectivity index (χ4n) is 2.38. The standard InChI is InChI=1S/C16H23NO/c1-13(2)15-11-17(12-15)16(18)10-6-9-14-7-4-3-5-8-14/h3-5,7-8,13,15H,6,9-12H2,1-2H3. The molecule has 2 rings (SSSR count). The molecule has 1 aromatic carbocycles. The van der Waals surface area contributed by atoms with Crippen LogP contribution in [-0.4, -0.2) is 23.9 Å². The van der Waals surface area contributed by atoms with Crippen molar-refractivity contribution < 1.29 is 4.79 Å². The van der Waals surface area contributed by atoms with Gasteiger partial charge in [0.05, 0.1) is 0 Å². The van der Waals surface area contributed by atoms with E-state index in [0.717, 1.165) is 31.8 Å². The summed E-state index contributed by atoms with van der Waals surface area (Å²) in [5.41, 5.74) is 1.33. The summed E-state index contributed by atoms with van der Waals surface area (Å²) >= 11 is 0. The summed E-state index contributed by atoms with van der Waals surface area (Å²) in [7, 11) is 0. The third kappa shape index (κ3) is 3.34. The molecular weight excluding hydrogens is 222 g/mol. The van der Waals surface area contributed by atoms with Crippen LogP contribution in [0.4, 0.5) is 0 Å². The molecule has 0 radical (unpaired) electrons. The predicted molar refractivity (Wildman–Crippen MR) is 74.3 cm³/mol. The zero-order chi connectivity index (χ0) is 13.0. The number of hydrogen-bond donors (Lipinski definition) is 0. The van der Waals surface area contributed by atoms with Gasteiger partial charge in [0.15, 0.2) is 0 Å². The molecule has 0 aliphatic carbocycles. The summed E-state index contributed by atoms with van der Waals surface area (Å²) in [6.45, 7) is 6.42. The van der Waals surface area contributed by atoms with Crippen molar-refractivity contribution in [1.29, 1.82) is 0 Å². The molecule has 1 amide bonds. The van der Waals surface area contributed by atoms with E-state index >= 15 is 0 Å². The first kappa shape index (κ1) is 13.1. The van der Waals surface area contributed by atoms with Gasteiger partial charge in [-0.3, -0.25) is 4.79 Å². The van der Waals surface area contributed by atoms with Crippen molar-refractivity contribution in [2.45, 2.75) is 33.1 Å². The molecule has 1 saturated heterocycles. The molecule has 0 bridgehead atoms. The zero-order valence-corrected chi connectivity index (χ0v) is 11.4. The minimum atomic E-state index is 0.336. The smallest absolute Gasteiger partial charge is 0.222 e. The Balaban J connectivity index is 1.65. The van der Waals surface area contributed by atoms with Gasteiger partial charge in [-0.2, -0.15) is 0 Å². The van der Waals surface area contributed by atoms with E-state index in [0.29, 0.717) is 18.2 Å². The summed E-state index contributed by atoms with van der Waals surface area (Å²) in [5, 5.41) is 0. The predicted octanol–water partition coefficient (Wildman–Crippen LogP) is 3.12. The molecule has 0 N–H and O–H groups in total. The molecule has 0 saturated carbocycles. The first-order chi connectivity index (χ1) is 8.66. The van der Waals surface area contributed by atoms with Crippen molar-refractivity contribution in [2.75, 3.05) is 13.1 Å². The Bertz CT molecular complexity index is 379. The topological polar surface area (TPSA) is 20.3 Å². The normalized spacial score (nSPS) is 15.8. The first-order valence-electron chi connectivity index (χ1n) is 6.98. The summed E-state index contributed by atoms with van der Waals surface area (Å²) in [6, 6.07) is 10.4. The minimum Gasteiger partial charge on any atom is -0.342 e. The number of nitrogens with zero attached hydrogens (tertiary/aromatic N) is 1. The molecule has 0 atom stereocenters. The van der Waals surface area contributed by atoms with Gasteiger partial charge in [-0.15, -0.1) is 0 Å². The molecule has 1 fully saturated rings. The molecule has 1 aliphatic heterocycles. The highest BCUT2D eigenvalue weighted by Crippen LogP contribution is 2.24. The maximum absolute atomic E-state index is 11.9. The van der Waals surface area contributed by atoms with E-state index in [1.165, 1.54) is 5.56 Å². The third-order valence-corrected chi connectivity index (χ3v) is 3.90. The quantitative estimate of drug-likeness (QED) is 0.780. The molecule has 1 aromatic rings. The van der Waals surface area contributed by atoms with E-state index < -0.39 is 0 Å². The lowest BCUT2D eigenvalue weighted by molar-refractivity contribution is -0.138. The highest BCUT2D eigenvalue weighted by atomic mass is 16.2. The second-order valence-corrected chi connectivity index (χ2v) is 5.64. The van der Waals surface area contributed by atoms with Crippen LogP contribution in [0, 0.1) is 11.8 Å². The van der Waals surface area contributed by atoms with Crippen LogP contribution in [0.2, 0.25) is 0 Å². The van der Waals surface area contributed by atoms with Gasteiger partial charge in [-0.1, -0.05) is 44.2 Å². The SMILES string of the molecule is CC(C)C1CN(C(=O)CCCc2ccccc2)C1. The molecule has 98 valence electrons.